The number of hydrogen-bond donors (Lipinski definition) is 0. The van der Waals surface area contributed by atoms with Gasteiger partial charge < -0.3 is 9.47 Å². The van der Waals surface area contributed by atoms with Crippen LogP contribution in [0.1, 0.15) is 44.0 Å². The third kappa shape index (κ3) is 6.84. The third-order valence-electron chi connectivity index (χ3n) is 10.0. The van der Waals surface area contributed by atoms with Crippen LogP contribution in [0.4, 0.5) is 0 Å². The van der Waals surface area contributed by atoms with E-state index in [9.17, 15) is 4.79 Å². The Morgan fingerprint density at radius 3 is 1.75 bits per heavy atom. The summed E-state index contributed by atoms with van der Waals surface area (Å²) in [6, 6.07) is 56.7. The summed E-state index contributed by atoms with van der Waals surface area (Å²) < 4.78 is 11.3. The van der Waals surface area contributed by atoms with Crippen LogP contribution in [0.2, 0.25) is 0 Å². The lowest BCUT2D eigenvalue weighted by Gasteiger charge is -2.34. The summed E-state index contributed by atoms with van der Waals surface area (Å²) in [4.78, 5) is 18.5. The predicted molar refractivity (Wildman–Crippen MR) is 218 cm³/mol. The maximum absolute atomic E-state index is 12.0. The van der Waals surface area contributed by atoms with Gasteiger partial charge in [-0.15, -0.1) is 15.0 Å². The van der Waals surface area contributed by atoms with Crippen molar-refractivity contribution in [3.63, 3.8) is 0 Å². The summed E-state index contributed by atoms with van der Waals surface area (Å²) in [7, 11) is 1.38. The Hall–Kier alpha value is -7.19. The van der Waals surface area contributed by atoms with Crippen LogP contribution in [-0.2, 0) is 16.9 Å². The molecule has 2 heterocycles. The molecule has 0 radical (unpaired) electrons. The molecule has 0 atom stereocenters. The molecular formula is C48H39N5O3. The zero-order chi connectivity index (χ0) is 38.5. The van der Waals surface area contributed by atoms with Gasteiger partial charge in [-0.1, -0.05) is 152 Å². The standard InChI is InChI=1S/C48H39N5O3/c1-33-31-44(45(34(2)49-33)37-27-29-38(30-28-37)47(54)55-3)56-32-35-23-25-36(26-24-35)42-21-13-14-22-43(42)46-50-52-53(51-46)48(39-15-7-4-8-16-39,40-17-9-5-10-18-40)41-19-11-6-12-20-41/h4-31H,32H2,1-3H3. The van der Waals surface area contributed by atoms with Gasteiger partial charge in [0.1, 0.15) is 12.4 Å². The number of methoxy groups -OCH3 is 1. The number of benzene rings is 6. The molecule has 6 aromatic carbocycles. The second-order valence-electron chi connectivity index (χ2n) is 13.5. The molecule has 0 bridgehead atoms. The average molecular weight is 734 g/mol. The molecule has 8 aromatic rings. The van der Waals surface area contributed by atoms with E-state index in [0.717, 1.165) is 67.2 Å². The Kier molecular flexibility index (Phi) is 10.0. The van der Waals surface area contributed by atoms with Crippen LogP contribution < -0.4 is 4.74 Å². The number of tetrazole rings is 1. The van der Waals surface area contributed by atoms with Crippen LogP contribution in [0.5, 0.6) is 5.75 Å². The van der Waals surface area contributed by atoms with E-state index < -0.39 is 5.54 Å². The molecule has 56 heavy (non-hydrogen) atoms. The maximum Gasteiger partial charge on any atom is 0.337 e. The molecule has 0 amide bonds. The normalized spacial score (nSPS) is 11.3. The summed E-state index contributed by atoms with van der Waals surface area (Å²) in [5, 5.41) is 14.6. The Bertz CT molecular complexity index is 2490. The molecular weight excluding hydrogens is 695 g/mol. The smallest absolute Gasteiger partial charge is 0.337 e. The number of hydrogen-bond acceptors (Lipinski definition) is 7. The number of carbonyl (C=O) groups is 1. The van der Waals surface area contributed by atoms with Gasteiger partial charge in [0.25, 0.3) is 0 Å². The number of rotatable bonds is 11. The summed E-state index contributed by atoms with van der Waals surface area (Å²) in [5.41, 5.74) is 10.1. The van der Waals surface area contributed by atoms with Crippen LogP contribution in [0.3, 0.4) is 0 Å². The van der Waals surface area contributed by atoms with Crippen molar-refractivity contribution in [3.05, 3.63) is 209 Å². The number of nitrogens with zero attached hydrogens (tertiary/aromatic N) is 5. The van der Waals surface area contributed by atoms with Crippen LogP contribution >= 0.6 is 0 Å². The molecule has 8 rings (SSSR count). The minimum Gasteiger partial charge on any atom is -0.488 e. The van der Waals surface area contributed by atoms with Gasteiger partial charge in [-0.05, 0) is 70.1 Å². The minimum atomic E-state index is -0.871. The first-order chi connectivity index (χ1) is 27.4. The van der Waals surface area contributed by atoms with Crippen molar-refractivity contribution in [2.45, 2.75) is 26.0 Å². The summed E-state index contributed by atoms with van der Waals surface area (Å²) in [5.74, 6) is 0.870. The third-order valence-corrected chi connectivity index (χ3v) is 10.0. The van der Waals surface area contributed by atoms with Gasteiger partial charge in [-0.25, -0.2) is 4.79 Å². The number of carbonyl (C=O) groups excluding carboxylic acids is 1. The lowest BCUT2D eigenvalue weighted by atomic mass is 9.77. The fourth-order valence-corrected chi connectivity index (χ4v) is 7.37. The fourth-order valence-electron chi connectivity index (χ4n) is 7.37. The van der Waals surface area contributed by atoms with E-state index in [1.54, 1.807) is 16.9 Å². The van der Waals surface area contributed by atoms with E-state index in [1.807, 2.05) is 105 Å². The van der Waals surface area contributed by atoms with Crippen molar-refractivity contribution in [2.75, 3.05) is 7.11 Å². The first-order valence-electron chi connectivity index (χ1n) is 18.4. The second kappa shape index (κ2) is 15.7. The van der Waals surface area contributed by atoms with Gasteiger partial charge in [0.05, 0.1) is 12.7 Å². The highest BCUT2D eigenvalue weighted by Gasteiger charge is 2.41. The van der Waals surface area contributed by atoms with Crippen molar-refractivity contribution >= 4 is 5.97 Å². The lowest BCUT2D eigenvalue weighted by Crippen LogP contribution is -2.39. The lowest BCUT2D eigenvalue weighted by molar-refractivity contribution is 0.0600. The number of ether oxygens (including phenoxy) is 2. The highest BCUT2D eigenvalue weighted by molar-refractivity contribution is 5.90. The first-order valence-corrected chi connectivity index (χ1v) is 18.4. The zero-order valence-electron chi connectivity index (χ0n) is 31.3. The Labute approximate surface area is 326 Å². The Morgan fingerprint density at radius 2 is 1.18 bits per heavy atom. The highest BCUT2D eigenvalue weighted by atomic mass is 16.5. The SMILES string of the molecule is COC(=O)c1ccc(-c2c(OCc3ccc(-c4ccccc4-c4nnn(C(c5ccccc5)(c5ccccc5)c5ccccc5)n4)cc3)cc(C)nc2C)cc1. The molecule has 0 fully saturated rings. The van der Waals surface area contributed by atoms with Gasteiger partial charge in [-0.2, -0.15) is 0 Å². The number of aromatic nitrogens is 5. The topological polar surface area (TPSA) is 92.0 Å². The summed E-state index contributed by atoms with van der Waals surface area (Å²) >= 11 is 0. The quantitative estimate of drug-likeness (QED) is 0.0966. The molecule has 8 heteroatoms. The maximum atomic E-state index is 12.0. The molecule has 2 aromatic heterocycles. The highest BCUT2D eigenvalue weighted by Crippen LogP contribution is 2.41. The number of aryl methyl sites for hydroxylation is 2. The molecule has 0 unspecified atom stereocenters. The first kappa shape index (κ1) is 35.8. The van der Waals surface area contributed by atoms with Crippen molar-refractivity contribution in [1.29, 1.82) is 0 Å². The Morgan fingerprint density at radius 1 is 0.643 bits per heavy atom. The molecule has 0 saturated carbocycles. The van der Waals surface area contributed by atoms with Crippen molar-refractivity contribution in [2.24, 2.45) is 0 Å². The van der Waals surface area contributed by atoms with Crippen LogP contribution in [0, 0.1) is 13.8 Å². The Balaban J connectivity index is 1.10. The van der Waals surface area contributed by atoms with E-state index in [-0.39, 0.29) is 5.97 Å². The van der Waals surface area contributed by atoms with E-state index in [2.05, 4.69) is 66.7 Å². The van der Waals surface area contributed by atoms with E-state index >= 15 is 0 Å². The molecule has 8 nitrogen and oxygen atoms in total. The fraction of sp³-hybridized carbons (Fsp3) is 0.104. The number of esters is 1. The molecule has 274 valence electrons. The van der Waals surface area contributed by atoms with Crippen molar-refractivity contribution < 1.29 is 14.3 Å². The van der Waals surface area contributed by atoms with Gasteiger partial charge in [-0.3, -0.25) is 4.98 Å². The molecule has 0 N–H and O–H groups in total. The van der Waals surface area contributed by atoms with E-state index in [0.29, 0.717) is 18.0 Å². The molecule has 0 spiro atoms. The summed E-state index contributed by atoms with van der Waals surface area (Å²) in [6.07, 6.45) is 0. The molecule has 0 saturated heterocycles. The zero-order valence-corrected chi connectivity index (χ0v) is 31.3. The minimum absolute atomic E-state index is 0.356. The van der Waals surface area contributed by atoms with Gasteiger partial charge >= 0.3 is 5.97 Å². The van der Waals surface area contributed by atoms with Crippen LogP contribution in [0.25, 0.3) is 33.6 Å². The van der Waals surface area contributed by atoms with Crippen molar-refractivity contribution in [1.82, 2.24) is 25.2 Å². The monoisotopic (exact) mass is 733 g/mol. The molecule has 0 aliphatic rings. The van der Waals surface area contributed by atoms with Gasteiger partial charge in [0.15, 0.2) is 5.54 Å². The molecule has 0 aliphatic carbocycles. The van der Waals surface area contributed by atoms with Gasteiger partial charge in [0, 0.05) is 28.6 Å². The largest absolute Gasteiger partial charge is 0.488 e. The van der Waals surface area contributed by atoms with Crippen LogP contribution in [0.15, 0.2) is 170 Å². The second-order valence-corrected chi connectivity index (χ2v) is 13.5. The average Bonchev–Trinajstić information content (AvgIpc) is 3.75. The summed E-state index contributed by atoms with van der Waals surface area (Å²) in [6.45, 7) is 4.27. The molecule has 0 aliphatic heterocycles. The van der Waals surface area contributed by atoms with E-state index in [1.165, 1.54) is 7.11 Å². The van der Waals surface area contributed by atoms with E-state index in [4.69, 9.17) is 29.9 Å². The number of pyridine rings is 1. The predicted octanol–water partition coefficient (Wildman–Crippen LogP) is 9.89. The van der Waals surface area contributed by atoms with Crippen molar-refractivity contribution in [3.8, 4) is 39.4 Å². The van der Waals surface area contributed by atoms with Crippen LogP contribution in [-0.4, -0.2) is 38.3 Å². The van der Waals surface area contributed by atoms with Gasteiger partial charge in [0.2, 0.25) is 5.82 Å².